The summed E-state index contributed by atoms with van der Waals surface area (Å²) in [5.41, 5.74) is 2.35. The summed E-state index contributed by atoms with van der Waals surface area (Å²) in [7, 11) is 2.17. The second kappa shape index (κ2) is 9.92. The normalized spacial score (nSPS) is 15.6. The molecule has 1 aromatic heterocycles. The van der Waals surface area contributed by atoms with E-state index in [2.05, 4.69) is 80.8 Å². The molecule has 0 radical (unpaired) electrons. The summed E-state index contributed by atoms with van der Waals surface area (Å²) in [6.07, 6.45) is 1.94. The van der Waals surface area contributed by atoms with Gasteiger partial charge in [0.2, 0.25) is 0 Å². The number of anilines is 1. The molecule has 0 saturated carbocycles. The molecular formula is C21H30N6. The number of hydrogen-bond donors (Lipinski definition) is 2. The van der Waals surface area contributed by atoms with Crippen LogP contribution in [0, 0.1) is 0 Å². The van der Waals surface area contributed by atoms with Crippen LogP contribution in [0.3, 0.4) is 0 Å². The standard InChI is InChI=1S/C21H30N6/c1-3-22-21(24-15-18-7-5-4-6-8-18)25-17-19-9-10-20(23-16-19)27-13-11-26(2)12-14-27/h4-10,16H,3,11-15,17H2,1-2H3,(H2,22,24,25). The molecule has 1 aliphatic rings. The highest BCUT2D eigenvalue weighted by Crippen LogP contribution is 2.14. The number of nitrogens with zero attached hydrogens (tertiary/aromatic N) is 4. The Morgan fingerprint density at radius 1 is 1.00 bits per heavy atom. The minimum atomic E-state index is 0.611. The number of hydrogen-bond acceptors (Lipinski definition) is 4. The van der Waals surface area contributed by atoms with Crippen LogP contribution in [0.5, 0.6) is 0 Å². The molecule has 0 amide bonds. The van der Waals surface area contributed by atoms with E-state index in [9.17, 15) is 0 Å². The molecule has 0 unspecified atom stereocenters. The highest BCUT2D eigenvalue weighted by atomic mass is 15.3. The second-order valence-corrected chi connectivity index (χ2v) is 6.85. The Balaban J connectivity index is 1.55. The van der Waals surface area contributed by atoms with Gasteiger partial charge >= 0.3 is 0 Å². The number of likely N-dealkylation sites (N-methyl/N-ethyl adjacent to an activating group) is 1. The van der Waals surface area contributed by atoms with Crippen LogP contribution in [-0.2, 0) is 13.1 Å². The number of piperazine rings is 1. The van der Waals surface area contributed by atoms with Crippen molar-refractivity contribution >= 4 is 11.8 Å². The zero-order valence-electron chi connectivity index (χ0n) is 16.4. The van der Waals surface area contributed by atoms with E-state index >= 15 is 0 Å². The molecule has 1 aliphatic heterocycles. The van der Waals surface area contributed by atoms with E-state index in [1.165, 1.54) is 5.56 Å². The van der Waals surface area contributed by atoms with E-state index in [-0.39, 0.29) is 0 Å². The lowest BCUT2D eigenvalue weighted by molar-refractivity contribution is 0.312. The summed E-state index contributed by atoms with van der Waals surface area (Å²) < 4.78 is 0. The maximum absolute atomic E-state index is 4.69. The molecule has 1 fully saturated rings. The smallest absolute Gasteiger partial charge is 0.191 e. The Labute approximate surface area is 162 Å². The van der Waals surface area contributed by atoms with Crippen LogP contribution in [0.2, 0.25) is 0 Å². The second-order valence-electron chi connectivity index (χ2n) is 6.85. The van der Waals surface area contributed by atoms with Crippen LogP contribution in [0.1, 0.15) is 18.1 Å². The van der Waals surface area contributed by atoms with E-state index in [1.807, 2.05) is 12.3 Å². The van der Waals surface area contributed by atoms with Gasteiger partial charge in [0.25, 0.3) is 0 Å². The molecule has 3 rings (SSSR count). The number of benzene rings is 1. The summed E-state index contributed by atoms with van der Waals surface area (Å²) in [5, 5.41) is 6.68. The van der Waals surface area contributed by atoms with Gasteiger partial charge < -0.3 is 20.4 Å². The molecule has 0 bridgehead atoms. The van der Waals surface area contributed by atoms with Crippen molar-refractivity contribution in [2.45, 2.75) is 20.0 Å². The highest BCUT2D eigenvalue weighted by molar-refractivity contribution is 5.79. The van der Waals surface area contributed by atoms with E-state index in [0.29, 0.717) is 6.54 Å². The van der Waals surface area contributed by atoms with Crippen LogP contribution < -0.4 is 15.5 Å². The van der Waals surface area contributed by atoms with Gasteiger partial charge in [0.1, 0.15) is 5.82 Å². The van der Waals surface area contributed by atoms with Crippen molar-refractivity contribution in [3.05, 3.63) is 59.8 Å². The summed E-state index contributed by atoms with van der Waals surface area (Å²) in [5.74, 6) is 1.88. The molecule has 27 heavy (non-hydrogen) atoms. The fourth-order valence-electron chi connectivity index (χ4n) is 3.03. The summed E-state index contributed by atoms with van der Waals surface area (Å²) in [4.78, 5) is 14.0. The van der Waals surface area contributed by atoms with E-state index in [1.54, 1.807) is 0 Å². The summed E-state index contributed by atoms with van der Waals surface area (Å²) >= 11 is 0. The van der Waals surface area contributed by atoms with Gasteiger partial charge in [-0.25, -0.2) is 9.98 Å². The molecule has 6 nitrogen and oxygen atoms in total. The predicted molar refractivity (Wildman–Crippen MR) is 112 cm³/mol. The van der Waals surface area contributed by atoms with E-state index < -0.39 is 0 Å². The maximum Gasteiger partial charge on any atom is 0.191 e. The summed E-state index contributed by atoms with van der Waals surface area (Å²) in [6, 6.07) is 14.6. The molecule has 2 heterocycles. The Kier molecular flexibility index (Phi) is 7.04. The number of aromatic nitrogens is 1. The quantitative estimate of drug-likeness (QED) is 0.606. The zero-order chi connectivity index (χ0) is 18.9. The van der Waals surface area contributed by atoms with Gasteiger partial charge in [-0.3, -0.25) is 0 Å². The largest absolute Gasteiger partial charge is 0.357 e. The third-order valence-corrected chi connectivity index (χ3v) is 4.70. The average molecular weight is 367 g/mol. The van der Waals surface area contributed by atoms with Crippen LogP contribution in [0.25, 0.3) is 0 Å². The maximum atomic E-state index is 4.69. The third-order valence-electron chi connectivity index (χ3n) is 4.70. The average Bonchev–Trinajstić information content (AvgIpc) is 2.72. The Hall–Kier alpha value is -2.60. The van der Waals surface area contributed by atoms with E-state index in [0.717, 1.165) is 56.6 Å². The molecule has 6 heteroatoms. The first-order valence-electron chi connectivity index (χ1n) is 9.69. The lowest BCUT2D eigenvalue weighted by Crippen LogP contribution is -2.44. The van der Waals surface area contributed by atoms with Gasteiger partial charge in [-0.1, -0.05) is 36.4 Å². The van der Waals surface area contributed by atoms with Crippen LogP contribution in [0.15, 0.2) is 53.7 Å². The Morgan fingerprint density at radius 3 is 2.44 bits per heavy atom. The molecular weight excluding hydrogens is 336 g/mol. The number of nitrogens with one attached hydrogen (secondary N) is 2. The topological polar surface area (TPSA) is 55.8 Å². The molecule has 0 spiro atoms. The molecule has 144 valence electrons. The molecule has 2 N–H and O–H groups in total. The van der Waals surface area contributed by atoms with Gasteiger partial charge in [0, 0.05) is 45.5 Å². The minimum absolute atomic E-state index is 0.611. The van der Waals surface area contributed by atoms with Crippen molar-refractivity contribution in [3.8, 4) is 0 Å². The molecule has 0 atom stereocenters. The molecule has 2 aromatic rings. The Morgan fingerprint density at radius 2 is 1.78 bits per heavy atom. The first-order chi connectivity index (χ1) is 13.2. The SMILES string of the molecule is CCNC(=NCc1ccc(N2CCN(C)CC2)nc1)NCc1ccccc1. The third kappa shape index (κ3) is 5.96. The Bertz CT molecular complexity index is 705. The van der Waals surface area contributed by atoms with Crippen molar-refractivity contribution in [1.82, 2.24) is 20.5 Å². The van der Waals surface area contributed by atoms with Crippen molar-refractivity contribution in [3.63, 3.8) is 0 Å². The van der Waals surface area contributed by atoms with E-state index in [4.69, 9.17) is 0 Å². The number of aliphatic imine (C=N–C) groups is 1. The van der Waals surface area contributed by atoms with Crippen LogP contribution >= 0.6 is 0 Å². The first-order valence-corrected chi connectivity index (χ1v) is 9.69. The fraction of sp³-hybridized carbons (Fsp3) is 0.429. The van der Waals surface area contributed by atoms with Gasteiger partial charge in [0.05, 0.1) is 6.54 Å². The number of guanidine groups is 1. The van der Waals surface area contributed by atoms with Gasteiger partial charge in [-0.05, 0) is 31.2 Å². The van der Waals surface area contributed by atoms with Gasteiger partial charge in [-0.2, -0.15) is 0 Å². The number of pyridine rings is 1. The molecule has 0 aliphatic carbocycles. The van der Waals surface area contributed by atoms with Crippen molar-refractivity contribution < 1.29 is 0 Å². The summed E-state index contributed by atoms with van der Waals surface area (Å²) in [6.45, 7) is 8.53. The highest BCUT2D eigenvalue weighted by Gasteiger charge is 2.14. The predicted octanol–water partition coefficient (Wildman–Crippen LogP) is 2.09. The molecule has 1 aromatic carbocycles. The van der Waals surface area contributed by atoms with Crippen LogP contribution in [-0.4, -0.2) is 55.6 Å². The van der Waals surface area contributed by atoms with Crippen molar-refractivity contribution in [2.24, 2.45) is 4.99 Å². The first kappa shape index (κ1) is 19.2. The van der Waals surface area contributed by atoms with Crippen LogP contribution in [0.4, 0.5) is 5.82 Å². The number of rotatable bonds is 6. The lowest BCUT2D eigenvalue weighted by Gasteiger charge is -2.33. The fourth-order valence-corrected chi connectivity index (χ4v) is 3.03. The van der Waals surface area contributed by atoms with Crippen molar-refractivity contribution in [2.75, 3.05) is 44.7 Å². The van der Waals surface area contributed by atoms with Gasteiger partial charge in [-0.15, -0.1) is 0 Å². The van der Waals surface area contributed by atoms with Gasteiger partial charge in [0.15, 0.2) is 5.96 Å². The van der Waals surface area contributed by atoms with Crippen molar-refractivity contribution in [1.29, 1.82) is 0 Å². The minimum Gasteiger partial charge on any atom is -0.357 e. The lowest BCUT2D eigenvalue weighted by atomic mass is 10.2. The monoisotopic (exact) mass is 366 g/mol. The molecule has 1 saturated heterocycles. The zero-order valence-corrected chi connectivity index (χ0v) is 16.4.